The summed E-state index contributed by atoms with van der Waals surface area (Å²) < 4.78 is 5.35. The predicted octanol–water partition coefficient (Wildman–Crippen LogP) is 3.64. The Hall–Kier alpha value is -1.14. The maximum atomic E-state index is 11.9. The summed E-state index contributed by atoms with van der Waals surface area (Å²) in [6.07, 6.45) is 13.3. The Kier molecular flexibility index (Phi) is 15.8. The van der Waals surface area contributed by atoms with E-state index in [2.05, 4.69) is 29.4 Å². The molecule has 0 aromatic carbocycles. The van der Waals surface area contributed by atoms with E-state index >= 15 is 0 Å². The van der Waals surface area contributed by atoms with Crippen LogP contribution in [0.25, 0.3) is 0 Å². The van der Waals surface area contributed by atoms with Crippen molar-refractivity contribution in [1.82, 2.24) is 15.5 Å². The summed E-state index contributed by atoms with van der Waals surface area (Å²) in [5.74, 6) is 0.306. The van der Waals surface area contributed by atoms with Gasteiger partial charge in [0.15, 0.2) is 0 Å². The number of amides is 2. The maximum absolute atomic E-state index is 11.9. The van der Waals surface area contributed by atoms with Crippen LogP contribution in [0.15, 0.2) is 0 Å². The van der Waals surface area contributed by atoms with E-state index in [-0.39, 0.29) is 11.8 Å². The van der Waals surface area contributed by atoms with Crippen molar-refractivity contribution in [2.75, 3.05) is 39.3 Å². The summed E-state index contributed by atoms with van der Waals surface area (Å²) in [4.78, 5) is 26.2. The van der Waals surface area contributed by atoms with Gasteiger partial charge >= 0.3 is 0 Å². The molecule has 1 rings (SSSR count). The molecule has 1 aliphatic rings. The van der Waals surface area contributed by atoms with Crippen LogP contribution in [0.4, 0.5) is 0 Å². The number of carbonyl (C=O) groups is 2. The van der Waals surface area contributed by atoms with E-state index < -0.39 is 0 Å². The number of hydrogen-bond acceptors (Lipinski definition) is 4. The van der Waals surface area contributed by atoms with E-state index in [4.69, 9.17) is 4.74 Å². The van der Waals surface area contributed by atoms with E-state index in [1.165, 1.54) is 38.5 Å². The lowest BCUT2D eigenvalue weighted by Crippen LogP contribution is -2.41. The fraction of sp³-hybridized carbons (Fsp3) is 0.913. The molecular formula is C23H45N3O3. The van der Waals surface area contributed by atoms with E-state index in [1.54, 1.807) is 0 Å². The number of nitrogens with zero attached hydrogens (tertiary/aromatic N) is 1. The first-order valence-corrected chi connectivity index (χ1v) is 12.0. The highest BCUT2D eigenvalue weighted by Gasteiger charge is 2.25. The molecule has 1 aliphatic heterocycles. The Bertz CT molecular complexity index is 396. The summed E-state index contributed by atoms with van der Waals surface area (Å²) >= 11 is 0. The van der Waals surface area contributed by atoms with E-state index in [1.807, 2.05) is 0 Å². The number of nitrogens with one attached hydrogen (secondary N) is 2. The minimum Gasteiger partial charge on any atom is -0.372 e. The lowest BCUT2D eigenvalue weighted by molar-refractivity contribution is -0.121. The van der Waals surface area contributed by atoms with Gasteiger partial charge in [0.2, 0.25) is 11.8 Å². The van der Waals surface area contributed by atoms with Gasteiger partial charge in [-0.2, -0.15) is 0 Å². The van der Waals surface area contributed by atoms with Crippen LogP contribution in [0, 0.1) is 0 Å². The molecule has 2 amide bonds. The van der Waals surface area contributed by atoms with Gasteiger partial charge in [-0.15, -0.1) is 0 Å². The van der Waals surface area contributed by atoms with Gasteiger partial charge < -0.3 is 15.4 Å². The van der Waals surface area contributed by atoms with Crippen molar-refractivity contribution in [2.24, 2.45) is 0 Å². The van der Waals surface area contributed by atoms with Crippen LogP contribution >= 0.6 is 0 Å². The zero-order valence-corrected chi connectivity index (χ0v) is 19.0. The van der Waals surface area contributed by atoms with Crippen molar-refractivity contribution in [2.45, 2.75) is 97.0 Å². The van der Waals surface area contributed by atoms with Gasteiger partial charge in [-0.25, -0.2) is 0 Å². The molecule has 1 heterocycles. The summed E-state index contributed by atoms with van der Waals surface area (Å²) in [7, 11) is 0. The van der Waals surface area contributed by atoms with Crippen LogP contribution in [-0.4, -0.2) is 62.1 Å². The number of carbonyl (C=O) groups excluding carboxylic acids is 2. The molecule has 1 fully saturated rings. The lowest BCUT2D eigenvalue weighted by atomic mass is 10.1. The summed E-state index contributed by atoms with van der Waals surface area (Å²) in [6.45, 7) is 9.02. The zero-order chi connectivity index (χ0) is 21.2. The minimum absolute atomic E-state index is 0.153. The Morgan fingerprint density at radius 3 is 1.66 bits per heavy atom. The quantitative estimate of drug-likeness (QED) is 0.237. The molecule has 29 heavy (non-hydrogen) atoms. The van der Waals surface area contributed by atoms with Gasteiger partial charge in [-0.1, -0.05) is 65.2 Å². The largest absolute Gasteiger partial charge is 0.372 e. The van der Waals surface area contributed by atoms with E-state index in [0.29, 0.717) is 32.0 Å². The first-order valence-electron chi connectivity index (χ1n) is 12.0. The molecule has 6 nitrogen and oxygen atoms in total. The number of ether oxygens (including phenoxy) is 1. The Balaban J connectivity index is 2.09. The number of unbranched alkanes of at least 4 members (excludes halogenated alkanes) is 8. The van der Waals surface area contributed by atoms with E-state index in [9.17, 15) is 9.59 Å². The standard InChI is InChI=1S/C23H45N3O3/c1-3-5-7-9-11-13-22(27)24-15-17-26(19-21-20-29-21)18-16-25-23(28)14-12-10-8-6-4-2/h21H,3-20H2,1-2H3,(H,24,27)(H,25,28). The minimum atomic E-state index is 0.153. The average Bonchev–Trinajstić information content (AvgIpc) is 3.51. The second-order valence-electron chi connectivity index (χ2n) is 8.28. The summed E-state index contributed by atoms with van der Waals surface area (Å²) in [5, 5.41) is 6.07. The molecule has 0 bridgehead atoms. The van der Waals surface area contributed by atoms with Crippen LogP contribution < -0.4 is 10.6 Å². The first kappa shape index (κ1) is 25.9. The van der Waals surface area contributed by atoms with Crippen molar-refractivity contribution >= 4 is 11.8 Å². The van der Waals surface area contributed by atoms with Crippen LogP contribution in [-0.2, 0) is 14.3 Å². The predicted molar refractivity (Wildman–Crippen MR) is 119 cm³/mol. The molecule has 170 valence electrons. The van der Waals surface area contributed by atoms with Gasteiger partial charge in [-0.05, 0) is 12.8 Å². The molecule has 1 unspecified atom stereocenters. The molecule has 6 heteroatoms. The highest BCUT2D eigenvalue weighted by molar-refractivity contribution is 5.76. The topological polar surface area (TPSA) is 74.0 Å². The first-order chi connectivity index (χ1) is 14.2. The van der Waals surface area contributed by atoms with Gasteiger partial charge in [0, 0.05) is 45.6 Å². The summed E-state index contributed by atoms with van der Waals surface area (Å²) in [6, 6.07) is 0. The Morgan fingerprint density at radius 2 is 1.24 bits per heavy atom. The van der Waals surface area contributed by atoms with Gasteiger partial charge in [0.25, 0.3) is 0 Å². The molecule has 0 aliphatic carbocycles. The highest BCUT2D eigenvalue weighted by atomic mass is 16.6. The fourth-order valence-electron chi connectivity index (χ4n) is 3.42. The third kappa shape index (κ3) is 16.4. The molecule has 0 aromatic rings. The second-order valence-corrected chi connectivity index (χ2v) is 8.28. The highest BCUT2D eigenvalue weighted by Crippen LogP contribution is 2.10. The van der Waals surface area contributed by atoms with Crippen LogP contribution in [0.2, 0.25) is 0 Å². The number of epoxide rings is 1. The lowest BCUT2D eigenvalue weighted by Gasteiger charge is -2.22. The number of hydrogen-bond donors (Lipinski definition) is 2. The molecule has 0 spiro atoms. The van der Waals surface area contributed by atoms with Crippen molar-refractivity contribution in [3.8, 4) is 0 Å². The van der Waals surface area contributed by atoms with Crippen LogP contribution in [0.3, 0.4) is 0 Å². The van der Waals surface area contributed by atoms with Gasteiger partial charge in [-0.3, -0.25) is 14.5 Å². The smallest absolute Gasteiger partial charge is 0.220 e. The average molecular weight is 412 g/mol. The molecule has 0 radical (unpaired) electrons. The third-order valence-corrected chi connectivity index (χ3v) is 5.38. The Morgan fingerprint density at radius 1 is 0.793 bits per heavy atom. The maximum Gasteiger partial charge on any atom is 0.220 e. The fourth-order valence-corrected chi connectivity index (χ4v) is 3.42. The molecule has 2 N–H and O–H groups in total. The molecule has 1 atom stereocenters. The van der Waals surface area contributed by atoms with Crippen molar-refractivity contribution in [3.05, 3.63) is 0 Å². The monoisotopic (exact) mass is 411 g/mol. The van der Waals surface area contributed by atoms with E-state index in [0.717, 1.165) is 51.9 Å². The van der Waals surface area contributed by atoms with Gasteiger partial charge in [0.1, 0.15) is 0 Å². The van der Waals surface area contributed by atoms with Gasteiger partial charge in [0.05, 0.1) is 12.7 Å². The van der Waals surface area contributed by atoms with Crippen molar-refractivity contribution < 1.29 is 14.3 Å². The normalized spacial score (nSPS) is 15.5. The SMILES string of the molecule is CCCCCCCC(=O)NCCN(CCNC(=O)CCCCCCC)CC1CO1. The molecule has 0 saturated carbocycles. The van der Waals surface area contributed by atoms with Crippen molar-refractivity contribution in [1.29, 1.82) is 0 Å². The van der Waals surface area contributed by atoms with Crippen molar-refractivity contribution in [3.63, 3.8) is 0 Å². The van der Waals surface area contributed by atoms with Crippen LogP contribution in [0.1, 0.15) is 90.9 Å². The number of rotatable bonds is 20. The van der Waals surface area contributed by atoms with Crippen LogP contribution in [0.5, 0.6) is 0 Å². The Labute approximate surface area is 178 Å². The molecule has 1 saturated heterocycles. The third-order valence-electron chi connectivity index (χ3n) is 5.38. The zero-order valence-electron chi connectivity index (χ0n) is 19.0. The molecule has 0 aromatic heterocycles. The molecular weight excluding hydrogens is 366 g/mol. The summed E-state index contributed by atoms with van der Waals surface area (Å²) in [5.41, 5.74) is 0. The second kappa shape index (κ2) is 17.7.